The van der Waals surface area contributed by atoms with Gasteiger partial charge in [0.2, 0.25) is 0 Å². The molecule has 2 aliphatic rings. The van der Waals surface area contributed by atoms with E-state index in [2.05, 4.69) is 34.2 Å². The molecule has 16 heavy (non-hydrogen) atoms. The molecule has 0 saturated heterocycles. The van der Waals surface area contributed by atoms with Crippen LogP contribution in [0.5, 0.6) is 0 Å². The molecular formula is C13H18BrNS. The van der Waals surface area contributed by atoms with E-state index in [0.29, 0.717) is 11.5 Å². The van der Waals surface area contributed by atoms with Gasteiger partial charge in [0.25, 0.3) is 0 Å². The summed E-state index contributed by atoms with van der Waals surface area (Å²) in [6.07, 6.45) is 6.75. The van der Waals surface area contributed by atoms with Crippen LogP contribution in [0.25, 0.3) is 0 Å². The van der Waals surface area contributed by atoms with Gasteiger partial charge in [-0.3, -0.25) is 0 Å². The van der Waals surface area contributed by atoms with E-state index in [1.807, 2.05) is 11.3 Å². The van der Waals surface area contributed by atoms with Crippen LogP contribution in [0, 0.1) is 5.41 Å². The summed E-state index contributed by atoms with van der Waals surface area (Å²) < 4.78 is 1.30. The molecule has 0 bridgehead atoms. The van der Waals surface area contributed by atoms with Crippen molar-refractivity contribution in [3.63, 3.8) is 0 Å². The summed E-state index contributed by atoms with van der Waals surface area (Å²) in [5, 5.41) is 3.78. The maximum absolute atomic E-state index is 3.78. The van der Waals surface area contributed by atoms with E-state index in [1.54, 1.807) is 10.4 Å². The molecule has 1 heterocycles. The largest absolute Gasteiger partial charge is 0.309 e. The average Bonchev–Trinajstić information content (AvgIpc) is 2.86. The first-order valence-corrected chi connectivity index (χ1v) is 7.79. The van der Waals surface area contributed by atoms with E-state index in [4.69, 9.17) is 0 Å². The molecule has 0 spiro atoms. The van der Waals surface area contributed by atoms with E-state index in [0.717, 1.165) is 0 Å². The minimum Gasteiger partial charge on any atom is -0.309 e. The fourth-order valence-electron chi connectivity index (χ4n) is 2.49. The second kappa shape index (κ2) is 4.11. The van der Waals surface area contributed by atoms with Gasteiger partial charge in [-0.25, -0.2) is 0 Å². The minimum atomic E-state index is 0.615. The van der Waals surface area contributed by atoms with Crippen molar-refractivity contribution in [2.75, 3.05) is 6.54 Å². The molecule has 0 aromatic carbocycles. The maximum Gasteiger partial charge on any atom is 0.0704 e. The smallest absolute Gasteiger partial charge is 0.0704 e. The van der Waals surface area contributed by atoms with E-state index < -0.39 is 0 Å². The molecular weight excluding hydrogens is 282 g/mol. The highest BCUT2D eigenvalue weighted by Crippen LogP contribution is 2.45. The zero-order valence-corrected chi connectivity index (χ0v) is 12.1. The van der Waals surface area contributed by atoms with Crippen molar-refractivity contribution in [1.82, 2.24) is 5.32 Å². The Balaban J connectivity index is 1.71. The fraction of sp³-hybridized carbons (Fsp3) is 0.692. The monoisotopic (exact) mass is 299 g/mol. The number of rotatable bonds is 3. The third kappa shape index (κ3) is 2.22. The summed E-state index contributed by atoms with van der Waals surface area (Å²) in [6, 6.07) is 2.94. The number of hydrogen-bond donors (Lipinski definition) is 1. The molecule has 3 rings (SSSR count). The van der Waals surface area contributed by atoms with Crippen molar-refractivity contribution in [2.24, 2.45) is 5.41 Å². The molecule has 1 nitrogen and oxygen atoms in total. The molecule has 0 amide bonds. The number of aryl methyl sites for hydroxylation is 1. The minimum absolute atomic E-state index is 0.615. The Morgan fingerprint density at radius 1 is 1.56 bits per heavy atom. The summed E-state index contributed by atoms with van der Waals surface area (Å²) in [7, 11) is 0. The highest BCUT2D eigenvalue weighted by molar-refractivity contribution is 9.11. The predicted octanol–water partition coefficient (Wildman–Crippen LogP) is 4.28. The number of nitrogens with one attached hydrogen (secondary N) is 1. The van der Waals surface area contributed by atoms with Gasteiger partial charge < -0.3 is 5.32 Å². The van der Waals surface area contributed by atoms with Crippen LogP contribution >= 0.6 is 27.3 Å². The van der Waals surface area contributed by atoms with Crippen molar-refractivity contribution >= 4 is 27.3 Å². The van der Waals surface area contributed by atoms with Gasteiger partial charge in [0, 0.05) is 17.5 Å². The first kappa shape index (κ1) is 11.2. The Morgan fingerprint density at radius 2 is 2.38 bits per heavy atom. The van der Waals surface area contributed by atoms with E-state index in [1.165, 1.54) is 42.4 Å². The molecule has 2 aliphatic carbocycles. The molecule has 0 aliphatic heterocycles. The van der Waals surface area contributed by atoms with Gasteiger partial charge in [-0.05, 0) is 65.1 Å². The number of fused-ring (bicyclic) bond motifs is 1. The lowest BCUT2D eigenvalue weighted by molar-refractivity contribution is 0.407. The summed E-state index contributed by atoms with van der Waals surface area (Å²) in [4.78, 5) is 1.59. The van der Waals surface area contributed by atoms with E-state index in [9.17, 15) is 0 Å². The van der Waals surface area contributed by atoms with Crippen molar-refractivity contribution in [3.05, 3.63) is 20.3 Å². The van der Waals surface area contributed by atoms with Gasteiger partial charge in [-0.1, -0.05) is 6.92 Å². The Kier molecular flexibility index (Phi) is 2.89. The summed E-state index contributed by atoms with van der Waals surface area (Å²) >= 11 is 5.53. The molecule has 1 unspecified atom stereocenters. The predicted molar refractivity (Wildman–Crippen MR) is 73.0 cm³/mol. The van der Waals surface area contributed by atoms with Crippen LogP contribution in [0.3, 0.4) is 0 Å². The molecule has 0 radical (unpaired) electrons. The van der Waals surface area contributed by atoms with Crippen LogP contribution in [0.15, 0.2) is 9.85 Å². The van der Waals surface area contributed by atoms with Crippen molar-refractivity contribution in [2.45, 2.75) is 45.1 Å². The molecule has 1 saturated carbocycles. The Labute approximate surface area is 110 Å². The lowest BCUT2D eigenvalue weighted by atomic mass is 9.93. The topological polar surface area (TPSA) is 12.0 Å². The van der Waals surface area contributed by atoms with Gasteiger partial charge in [-0.15, -0.1) is 11.3 Å². The van der Waals surface area contributed by atoms with E-state index in [-0.39, 0.29) is 0 Å². The molecule has 3 heteroatoms. The summed E-state index contributed by atoms with van der Waals surface area (Å²) in [5.74, 6) is 0. The maximum atomic E-state index is 3.78. The highest BCUT2D eigenvalue weighted by atomic mass is 79.9. The Morgan fingerprint density at radius 3 is 3.12 bits per heavy atom. The Bertz CT molecular complexity index is 395. The number of halogens is 1. The molecule has 1 aromatic rings. The lowest BCUT2D eigenvalue weighted by Crippen LogP contribution is -2.29. The molecule has 1 fully saturated rings. The van der Waals surface area contributed by atoms with Crippen LogP contribution in [-0.4, -0.2) is 6.54 Å². The molecule has 1 atom stereocenters. The van der Waals surface area contributed by atoms with Crippen molar-refractivity contribution in [3.8, 4) is 0 Å². The van der Waals surface area contributed by atoms with Gasteiger partial charge in [0.1, 0.15) is 0 Å². The normalized spacial score (nSPS) is 26.5. The lowest BCUT2D eigenvalue weighted by Gasteiger charge is -2.25. The van der Waals surface area contributed by atoms with Crippen LogP contribution in [0.1, 0.15) is 49.1 Å². The van der Waals surface area contributed by atoms with Gasteiger partial charge >= 0.3 is 0 Å². The van der Waals surface area contributed by atoms with Gasteiger partial charge in [-0.2, -0.15) is 0 Å². The third-order valence-electron chi connectivity index (χ3n) is 3.96. The van der Waals surface area contributed by atoms with Crippen molar-refractivity contribution in [1.29, 1.82) is 0 Å². The summed E-state index contributed by atoms with van der Waals surface area (Å²) in [5.41, 5.74) is 2.18. The van der Waals surface area contributed by atoms with Crippen LogP contribution < -0.4 is 5.32 Å². The zero-order chi connectivity index (χ0) is 11.2. The number of thiophene rings is 1. The van der Waals surface area contributed by atoms with Gasteiger partial charge in [0.05, 0.1) is 3.79 Å². The molecule has 1 aromatic heterocycles. The number of hydrogen-bond acceptors (Lipinski definition) is 2. The first-order valence-electron chi connectivity index (χ1n) is 6.18. The van der Waals surface area contributed by atoms with Gasteiger partial charge in [0.15, 0.2) is 0 Å². The molecule has 88 valence electrons. The van der Waals surface area contributed by atoms with Crippen molar-refractivity contribution < 1.29 is 0 Å². The van der Waals surface area contributed by atoms with E-state index >= 15 is 0 Å². The van der Waals surface area contributed by atoms with Crippen LogP contribution in [0.4, 0.5) is 0 Å². The van der Waals surface area contributed by atoms with Crippen LogP contribution in [-0.2, 0) is 6.42 Å². The second-order valence-electron chi connectivity index (χ2n) is 5.57. The summed E-state index contributed by atoms with van der Waals surface area (Å²) in [6.45, 7) is 3.60. The molecule has 1 N–H and O–H groups in total. The Hall–Kier alpha value is 0.140. The highest BCUT2D eigenvalue weighted by Gasteiger charge is 2.37. The van der Waals surface area contributed by atoms with Crippen LogP contribution in [0.2, 0.25) is 0 Å². The third-order valence-corrected chi connectivity index (χ3v) is 5.68. The SMILES string of the molecule is CC1(CNC2CCCc3sc(Br)cc32)CC1. The average molecular weight is 300 g/mol. The quantitative estimate of drug-likeness (QED) is 0.878. The fourth-order valence-corrected chi connectivity index (χ4v) is 4.31. The second-order valence-corrected chi connectivity index (χ2v) is 8.08. The standard InChI is InChI=1S/C13H18BrNS/c1-13(5-6-13)8-15-10-3-2-4-11-9(10)7-12(14)16-11/h7,10,15H,2-6,8H2,1H3. The first-order chi connectivity index (χ1) is 7.66. The zero-order valence-electron chi connectivity index (χ0n) is 9.68.